The molecule has 0 heterocycles. The summed E-state index contributed by atoms with van der Waals surface area (Å²) in [5, 5.41) is 0. The van der Waals surface area contributed by atoms with Crippen LogP contribution >= 0.6 is 0 Å². The molecule has 0 aliphatic heterocycles. The van der Waals surface area contributed by atoms with Crippen LogP contribution in [0.4, 0.5) is 17.1 Å². The third kappa shape index (κ3) is 5.93. The van der Waals surface area contributed by atoms with E-state index in [1.807, 2.05) is 0 Å². The molecule has 0 N–H and O–H groups in total. The second-order valence-corrected chi connectivity index (χ2v) is 14.4. The minimum Gasteiger partial charge on any atom is -0.310 e. The Morgan fingerprint density at radius 1 is 0.315 bits per heavy atom. The van der Waals surface area contributed by atoms with Crippen LogP contribution in [0.25, 0.3) is 55.6 Å². The van der Waals surface area contributed by atoms with E-state index in [-0.39, 0.29) is 5.41 Å². The fraction of sp³-hybridized carbons (Fsp3) is 0.0943. The van der Waals surface area contributed by atoms with Crippen molar-refractivity contribution in [1.29, 1.82) is 0 Å². The van der Waals surface area contributed by atoms with E-state index in [0.717, 1.165) is 24.2 Å². The van der Waals surface area contributed by atoms with Crippen LogP contribution in [0.3, 0.4) is 0 Å². The summed E-state index contributed by atoms with van der Waals surface area (Å²) in [7, 11) is 0. The predicted octanol–water partition coefficient (Wildman–Crippen LogP) is 14.9. The summed E-state index contributed by atoms with van der Waals surface area (Å²) >= 11 is 0. The zero-order valence-corrected chi connectivity index (χ0v) is 30.9. The lowest BCUT2D eigenvalue weighted by Gasteiger charge is -2.32. The van der Waals surface area contributed by atoms with Gasteiger partial charge >= 0.3 is 0 Å². The van der Waals surface area contributed by atoms with Crippen molar-refractivity contribution in [3.63, 3.8) is 0 Å². The van der Waals surface area contributed by atoms with Crippen molar-refractivity contribution >= 4 is 17.1 Å². The Morgan fingerprint density at radius 3 is 1.06 bits per heavy atom. The van der Waals surface area contributed by atoms with Crippen LogP contribution in [-0.2, 0) is 5.41 Å². The van der Waals surface area contributed by atoms with E-state index in [2.05, 4.69) is 219 Å². The molecule has 0 atom stereocenters. The van der Waals surface area contributed by atoms with Crippen molar-refractivity contribution in [1.82, 2.24) is 0 Å². The first kappa shape index (κ1) is 33.4. The van der Waals surface area contributed by atoms with Crippen LogP contribution < -0.4 is 4.90 Å². The first-order valence-corrected chi connectivity index (χ1v) is 19.2. The second kappa shape index (κ2) is 14.2. The van der Waals surface area contributed by atoms with Gasteiger partial charge < -0.3 is 4.90 Å². The van der Waals surface area contributed by atoms with Gasteiger partial charge in [-0.15, -0.1) is 0 Å². The molecule has 0 aromatic heterocycles. The summed E-state index contributed by atoms with van der Waals surface area (Å²) in [6.07, 6.45) is 2.06. The second-order valence-electron chi connectivity index (χ2n) is 14.4. The molecule has 8 aromatic carbocycles. The lowest BCUT2D eigenvalue weighted by molar-refractivity contribution is 0.490. The van der Waals surface area contributed by atoms with Gasteiger partial charge in [0.2, 0.25) is 0 Å². The quantitative estimate of drug-likeness (QED) is 0.145. The summed E-state index contributed by atoms with van der Waals surface area (Å²) < 4.78 is 0. The van der Waals surface area contributed by atoms with Gasteiger partial charge in [-0.05, 0) is 122 Å². The molecule has 0 spiro atoms. The maximum absolute atomic E-state index is 2.48. The number of rotatable bonds is 9. The highest BCUT2D eigenvalue weighted by Crippen LogP contribution is 2.55. The van der Waals surface area contributed by atoms with E-state index in [9.17, 15) is 0 Å². The Hall–Kier alpha value is -6.44. The Labute approximate surface area is 319 Å². The van der Waals surface area contributed by atoms with E-state index >= 15 is 0 Å². The van der Waals surface area contributed by atoms with Crippen LogP contribution in [0.1, 0.15) is 37.8 Å². The highest BCUT2D eigenvalue weighted by atomic mass is 15.1. The summed E-state index contributed by atoms with van der Waals surface area (Å²) in [4.78, 5) is 2.42. The largest absolute Gasteiger partial charge is 0.310 e. The van der Waals surface area contributed by atoms with Crippen molar-refractivity contribution in [2.45, 2.75) is 32.1 Å². The molecule has 9 rings (SSSR count). The fourth-order valence-electron chi connectivity index (χ4n) is 8.61. The Morgan fingerprint density at radius 2 is 0.630 bits per heavy atom. The van der Waals surface area contributed by atoms with E-state index < -0.39 is 0 Å². The molecule has 0 bridgehead atoms. The summed E-state index contributed by atoms with van der Waals surface area (Å²) in [6.45, 7) is 4.72. The fourth-order valence-corrected chi connectivity index (χ4v) is 8.61. The zero-order chi connectivity index (χ0) is 36.5. The number of nitrogens with zero attached hydrogens (tertiary/aromatic N) is 1. The molecular formula is C53H43N. The van der Waals surface area contributed by atoms with Gasteiger partial charge in [-0.2, -0.15) is 0 Å². The maximum Gasteiger partial charge on any atom is 0.0465 e. The Kier molecular flexibility index (Phi) is 8.77. The van der Waals surface area contributed by atoms with Crippen molar-refractivity contribution in [3.8, 4) is 55.6 Å². The average Bonchev–Trinajstić information content (AvgIpc) is 3.54. The molecule has 0 saturated carbocycles. The molecular weight excluding hydrogens is 651 g/mol. The molecule has 1 nitrogen and oxygen atoms in total. The molecule has 1 heteroatoms. The van der Waals surface area contributed by atoms with Crippen molar-refractivity contribution in [2.75, 3.05) is 4.90 Å². The molecule has 260 valence electrons. The number of fused-ring (bicyclic) bond motifs is 3. The van der Waals surface area contributed by atoms with Gasteiger partial charge in [0, 0.05) is 22.5 Å². The highest BCUT2D eigenvalue weighted by molar-refractivity contribution is 5.88. The third-order valence-electron chi connectivity index (χ3n) is 11.6. The first-order chi connectivity index (χ1) is 26.6. The van der Waals surface area contributed by atoms with Gasteiger partial charge in [-0.25, -0.2) is 0 Å². The van der Waals surface area contributed by atoms with Crippen LogP contribution in [0.5, 0.6) is 0 Å². The van der Waals surface area contributed by atoms with Crippen molar-refractivity contribution in [2.24, 2.45) is 0 Å². The minimum atomic E-state index is -0.0827. The lowest BCUT2D eigenvalue weighted by atomic mass is 9.73. The van der Waals surface area contributed by atoms with Gasteiger partial charge in [0.05, 0.1) is 0 Å². The minimum absolute atomic E-state index is 0.0827. The zero-order valence-electron chi connectivity index (χ0n) is 30.9. The lowest BCUT2D eigenvalue weighted by Crippen LogP contribution is -2.23. The monoisotopic (exact) mass is 693 g/mol. The smallest absolute Gasteiger partial charge is 0.0465 e. The number of anilines is 3. The predicted molar refractivity (Wildman–Crippen MR) is 230 cm³/mol. The van der Waals surface area contributed by atoms with Crippen LogP contribution in [-0.4, -0.2) is 0 Å². The van der Waals surface area contributed by atoms with E-state index in [1.165, 1.54) is 72.4 Å². The van der Waals surface area contributed by atoms with Gasteiger partial charge in [0.15, 0.2) is 0 Å². The molecule has 1 aliphatic carbocycles. The summed E-state index contributed by atoms with van der Waals surface area (Å²) in [5.41, 5.74) is 18.8. The topological polar surface area (TPSA) is 3.24 Å². The SMILES string of the molecule is CCC1(CC)c2cc(-c3ccc(-c4ccccc4)cc3)ccc2-c2ccc(N(c3ccc(-c4ccccc4)cc3)c3ccc(-c4ccccc4)cc3)cc21. The number of hydrogen-bond donors (Lipinski definition) is 0. The molecule has 54 heavy (non-hydrogen) atoms. The molecule has 1 aliphatic rings. The molecule has 0 amide bonds. The highest BCUT2D eigenvalue weighted by Gasteiger charge is 2.41. The van der Waals surface area contributed by atoms with Gasteiger partial charge in [-0.3, -0.25) is 0 Å². The van der Waals surface area contributed by atoms with Crippen LogP contribution in [0, 0.1) is 0 Å². The third-order valence-corrected chi connectivity index (χ3v) is 11.6. The average molecular weight is 694 g/mol. The van der Waals surface area contributed by atoms with Gasteiger partial charge in [0.25, 0.3) is 0 Å². The summed E-state index contributed by atoms with van der Waals surface area (Å²) in [5.74, 6) is 0. The maximum atomic E-state index is 2.48. The molecule has 0 fully saturated rings. The van der Waals surface area contributed by atoms with Gasteiger partial charge in [-0.1, -0.05) is 172 Å². The summed E-state index contributed by atoms with van der Waals surface area (Å²) in [6, 6.07) is 73.3. The molecule has 8 aromatic rings. The van der Waals surface area contributed by atoms with Crippen molar-refractivity contribution in [3.05, 3.63) is 211 Å². The number of hydrogen-bond acceptors (Lipinski definition) is 1. The standard InChI is InChI=1S/C53H43N/c1-3-53(4-2)51-36-45(44-22-20-41(21-23-44)38-14-8-5-9-15-38)28-34-49(51)50-35-33-48(37-52(50)53)54(46-29-24-42(25-30-46)39-16-10-6-11-17-39)47-31-26-43(27-32-47)40-18-12-7-13-19-40/h5-37H,3-4H2,1-2H3. The van der Waals surface area contributed by atoms with Crippen LogP contribution in [0.2, 0.25) is 0 Å². The van der Waals surface area contributed by atoms with E-state index in [1.54, 1.807) is 0 Å². The molecule has 0 unspecified atom stereocenters. The van der Waals surface area contributed by atoms with E-state index in [4.69, 9.17) is 0 Å². The van der Waals surface area contributed by atoms with Gasteiger partial charge in [0.1, 0.15) is 0 Å². The first-order valence-electron chi connectivity index (χ1n) is 19.2. The Bertz CT molecular complexity index is 2430. The van der Waals surface area contributed by atoms with Crippen LogP contribution in [0.15, 0.2) is 200 Å². The number of benzene rings is 8. The molecule has 0 saturated heterocycles. The molecule has 0 radical (unpaired) electrons. The van der Waals surface area contributed by atoms with Crippen molar-refractivity contribution < 1.29 is 0 Å². The van der Waals surface area contributed by atoms with E-state index in [0.29, 0.717) is 0 Å². The normalized spacial score (nSPS) is 12.6. The Balaban J connectivity index is 1.12.